The Morgan fingerprint density at radius 2 is 1.84 bits per heavy atom. The first kappa shape index (κ1) is 13.6. The predicted molar refractivity (Wildman–Crippen MR) is 74.0 cm³/mol. The van der Waals surface area contributed by atoms with Gasteiger partial charge in [-0.15, -0.1) is 0 Å². The van der Waals surface area contributed by atoms with Crippen LogP contribution in [0.25, 0.3) is 4.72 Å². The van der Waals surface area contributed by atoms with Gasteiger partial charge in [0, 0.05) is 17.9 Å². The molecule has 0 radical (unpaired) electrons. The topological polar surface area (TPSA) is 66.1 Å². The van der Waals surface area contributed by atoms with Crippen LogP contribution in [0, 0.1) is 13.8 Å². The molecule has 1 heterocycles. The summed E-state index contributed by atoms with van der Waals surface area (Å²) < 4.78 is 30.1. The van der Waals surface area contributed by atoms with E-state index in [-0.39, 0.29) is 4.90 Å². The van der Waals surface area contributed by atoms with Crippen molar-refractivity contribution in [3.8, 4) is 0 Å². The number of aryl methyl sites for hydroxylation is 2. The molecule has 0 unspecified atom stereocenters. The fraction of sp³-hybridized carbons (Fsp3) is 0.308. The molecule has 6 heteroatoms. The third-order valence-electron chi connectivity index (χ3n) is 2.90. The van der Waals surface area contributed by atoms with E-state index >= 15 is 0 Å². The summed E-state index contributed by atoms with van der Waals surface area (Å²) in [5, 5.41) is 4.26. The van der Waals surface area contributed by atoms with Crippen molar-refractivity contribution < 1.29 is 8.42 Å². The van der Waals surface area contributed by atoms with Gasteiger partial charge in [-0.05, 0) is 32.9 Å². The zero-order valence-corrected chi connectivity index (χ0v) is 12.0. The Morgan fingerprint density at radius 3 is 2.37 bits per heavy atom. The first-order valence-electron chi connectivity index (χ1n) is 6.02. The van der Waals surface area contributed by atoms with Gasteiger partial charge in [-0.2, -0.15) is 5.10 Å². The molecule has 1 aromatic heterocycles. The van der Waals surface area contributed by atoms with Crippen molar-refractivity contribution in [1.82, 2.24) is 9.78 Å². The molecule has 2 rings (SSSR count). The molecule has 0 saturated carbocycles. The van der Waals surface area contributed by atoms with Crippen LogP contribution in [0.1, 0.15) is 18.3 Å². The molecule has 102 valence electrons. The van der Waals surface area contributed by atoms with E-state index in [4.69, 9.17) is 0 Å². The zero-order valence-electron chi connectivity index (χ0n) is 11.2. The van der Waals surface area contributed by atoms with Gasteiger partial charge in [0.05, 0.1) is 4.90 Å². The van der Waals surface area contributed by atoms with Gasteiger partial charge in [0.15, 0.2) is 0 Å². The zero-order chi connectivity index (χ0) is 14.0. The van der Waals surface area contributed by atoms with Crippen LogP contribution in [0.5, 0.6) is 0 Å². The van der Waals surface area contributed by atoms with Gasteiger partial charge in [-0.1, -0.05) is 23.9 Å². The van der Waals surface area contributed by atoms with E-state index < -0.39 is 10.0 Å². The molecular formula is C13H16N3O2S-. The maximum absolute atomic E-state index is 12.2. The summed E-state index contributed by atoms with van der Waals surface area (Å²) >= 11 is 0. The molecule has 0 spiro atoms. The minimum Gasteiger partial charge on any atom is -0.570 e. The molecule has 0 atom stereocenters. The van der Waals surface area contributed by atoms with Crippen molar-refractivity contribution in [2.24, 2.45) is 0 Å². The lowest BCUT2D eigenvalue weighted by Gasteiger charge is -2.22. The first-order valence-corrected chi connectivity index (χ1v) is 7.46. The van der Waals surface area contributed by atoms with Crippen molar-refractivity contribution in [3.63, 3.8) is 0 Å². The van der Waals surface area contributed by atoms with Crippen LogP contribution in [0.3, 0.4) is 0 Å². The van der Waals surface area contributed by atoms with Crippen molar-refractivity contribution in [2.75, 3.05) is 0 Å². The van der Waals surface area contributed by atoms with E-state index in [0.29, 0.717) is 17.9 Å². The molecule has 0 bridgehead atoms. The van der Waals surface area contributed by atoms with Gasteiger partial charge < -0.3 is 4.72 Å². The van der Waals surface area contributed by atoms with Crippen molar-refractivity contribution >= 4 is 15.7 Å². The normalized spacial score (nSPS) is 11.5. The highest BCUT2D eigenvalue weighted by molar-refractivity contribution is 7.94. The number of aromatic nitrogens is 2. The summed E-state index contributed by atoms with van der Waals surface area (Å²) in [6.07, 6.45) is 0. The highest BCUT2D eigenvalue weighted by atomic mass is 32.2. The third-order valence-corrected chi connectivity index (χ3v) is 4.19. The molecule has 0 aliphatic rings. The van der Waals surface area contributed by atoms with Gasteiger partial charge in [-0.3, -0.25) is 4.68 Å². The van der Waals surface area contributed by atoms with E-state index in [1.165, 1.54) is 12.1 Å². The van der Waals surface area contributed by atoms with Crippen LogP contribution in [0.15, 0.2) is 35.2 Å². The van der Waals surface area contributed by atoms with E-state index in [1.807, 2.05) is 13.8 Å². The van der Waals surface area contributed by atoms with Crippen LogP contribution < -0.4 is 0 Å². The molecule has 1 aromatic carbocycles. The summed E-state index contributed by atoms with van der Waals surface area (Å²) in [5.74, 6) is 0. The molecule has 5 nitrogen and oxygen atoms in total. The predicted octanol–water partition coefficient (Wildman–Crippen LogP) is 2.91. The number of sulfonamides is 1. The lowest BCUT2D eigenvalue weighted by molar-refractivity contribution is 0.603. The summed E-state index contributed by atoms with van der Waals surface area (Å²) in [6, 6.07) is 8.20. The standard InChI is InChI=1S/C13H16N3O2S/c1-4-16-11(3)13(10(2)14-16)15-19(17,18)12-8-6-5-7-9-12/h5-9H,4H2,1-3H3/q-1. The van der Waals surface area contributed by atoms with Gasteiger partial charge in [-0.25, -0.2) is 8.42 Å². The Labute approximate surface area is 113 Å². The Hall–Kier alpha value is -1.82. The summed E-state index contributed by atoms with van der Waals surface area (Å²) in [4.78, 5) is 0.193. The second-order valence-electron chi connectivity index (χ2n) is 4.21. The minimum atomic E-state index is -3.68. The lowest BCUT2D eigenvalue weighted by Crippen LogP contribution is -2.00. The number of hydrogen-bond acceptors (Lipinski definition) is 3. The molecular weight excluding hydrogens is 262 g/mol. The van der Waals surface area contributed by atoms with Crippen LogP contribution in [0.2, 0.25) is 0 Å². The van der Waals surface area contributed by atoms with Gasteiger partial charge in [0.2, 0.25) is 0 Å². The lowest BCUT2D eigenvalue weighted by atomic mass is 10.3. The Morgan fingerprint density at radius 1 is 1.21 bits per heavy atom. The molecule has 0 fully saturated rings. The highest BCUT2D eigenvalue weighted by Gasteiger charge is 2.09. The molecule has 0 N–H and O–H groups in total. The number of benzene rings is 1. The average molecular weight is 278 g/mol. The summed E-state index contributed by atoms with van der Waals surface area (Å²) in [7, 11) is -3.68. The SMILES string of the molecule is CCn1nc(C)c([N-]S(=O)(=O)c2ccccc2)c1C. The molecule has 0 amide bonds. The second-order valence-corrected chi connectivity index (χ2v) is 5.82. The monoisotopic (exact) mass is 278 g/mol. The van der Waals surface area contributed by atoms with Gasteiger partial charge in [0.25, 0.3) is 0 Å². The number of hydrogen-bond donors (Lipinski definition) is 0. The molecule has 0 aliphatic carbocycles. The Kier molecular flexibility index (Phi) is 3.61. The maximum Gasteiger partial charge on any atom is 0.123 e. The van der Waals surface area contributed by atoms with E-state index in [1.54, 1.807) is 29.8 Å². The quantitative estimate of drug-likeness (QED) is 0.863. The van der Waals surface area contributed by atoms with Crippen molar-refractivity contribution in [1.29, 1.82) is 0 Å². The second kappa shape index (κ2) is 5.05. The van der Waals surface area contributed by atoms with Crippen LogP contribution in [-0.4, -0.2) is 18.2 Å². The van der Waals surface area contributed by atoms with Gasteiger partial charge >= 0.3 is 0 Å². The van der Waals surface area contributed by atoms with E-state index in [9.17, 15) is 8.42 Å². The Bertz CT molecular complexity index is 675. The first-order chi connectivity index (χ1) is 8.95. The maximum atomic E-state index is 12.2. The highest BCUT2D eigenvalue weighted by Crippen LogP contribution is 2.33. The smallest absolute Gasteiger partial charge is 0.123 e. The van der Waals surface area contributed by atoms with Gasteiger partial charge in [0.1, 0.15) is 10.0 Å². The van der Waals surface area contributed by atoms with Crippen LogP contribution >= 0.6 is 0 Å². The summed E-state index contributed by atoms with van der Waals surface area (Å²) in [5.41, 5.74) is 1.82. The van der Waals surface area contributed by atoms with Crippen molar-refractivity contribution in [2.45, 2.75) is 32.2 Å². The van der Waals surface area contributed by atoms with Crippen LogP contribution in [0.4, 0.5) is 5.69 Å². The fourth-order valence-corrected chi connectivity index (χ4v) is 3.00. The molecule has 2 aromatic rings. The molecule has 0 aliphatic heterocycles. The molecule has 0 saturated heterocycles. The number of rotatable bonds is 4. The van der Waals surface area contributed by atoms with Crippen molar-refractivity contribution in [3.05, 3.63) is 46.4 Å². The van der Waals surface area contributed by atoms with E-state index in [0.717, 1.165) is 5.69 Å². The third kappa shape index (κ3) is 2.63. The molecule has 19 heavy (non-hydrogen) atoms. The Balaban J connectivity index is 2.39. The summed E-state index contributed by atoms with van der Waals surface area (Å²) in [6.45, 7) is 6.23. The van der Waals surface area contributed by atoms with Crippen LogP contribution in [-0.2, 0) is 16.6 Å². The van der Waals surface area contributed by atoms with E-state index in [2.05, 4.69) is 9.82 Å². The average Bonchev–Trinajstić information content (AvgIpc) is 2.67. The number of nitrogens with zero attached hydrogens (tertiary/aromatic N) is 3. The fourth-order valence-electron chi connectivity index (χ4n) is 1.89. The minimum absolute atomic E-state index is 0.193. The largest absolute Gasteiger partial charge is 0.570 e.